The second-order valence-electron chi connectivity index (χ2n) is 35.7. The Bertz CT molecular complexity index is 7750. The number of aryl methyl sites for hydroxylation is 2. The van der Waals surface area contributed by atoms with E-state index in [4.69, 9.17) is 60.8 Å². The van der Waals surface area contributed by atoms with Crippen LogP contribution in [0.3, 0.4) is 0 Å². The maximum Gasteiger partial charge on any atom is 0.298 e. The number of likely N-dealkylation sites (N-methyl/N-ethyl adjacent to an activating group) is 1. The van der Waals surface area contributed by atoms with Gasteiger partial charge in [-0.3, -0.25) is 24.1 Å². The predicted octanol–water partition coefficient (Wildman–Crippen LogP) is 15.3. The molecule has 0 radical (unpaired) electrons. The number of nitrogens with two attached hydrogens (primary N) is 4. The number of fused-ring (bicyclic) bond motifs is 8. The van der Waals surface area contributed by atoms with Gasteiger partial charge in [-0.15, -0.1) is 45.3 Å². The van der Waals surface area contributed by atoms with E-state index in [0.29, 0.717) is 131 Å². The number of morpholine rings is 1. The molecule has 12 aromatic heterocycles. The molecule has 0 saturated carbocycles. The molecule has 5 saturated heterocycles. The number of nitrogen functional groups attached to an aromatic ring is 4. The Morgan fingerprint density at radius 2 is 0.867 bits per heavy atom. The van der Waals surface area contributed by atoms with Gasteiger partial charge in [-0.05, 0) is 149 Å². The number of hydrogen-bond acceptors (Lipinski definition) is 30. The molecule has 4 amide bonds. The number of ether oxygens (including phenoxy) is 8. The molecular formula is C103H110F2N22O12S4. The number of methoxy groups -OCH3 is 7. The molecule has 5 aliphatic rings. The van der Waals surface area contributed by atoms with Gasteiger partial charge in [0.1, 0.15) is 70.4 Å². The van der Waals surface area contributed by atoms with Gasteiger partial charge in [0.15, 0.2) is 46.4 Å². The number of thiophene rings is 4. The maximum absolute atomic E-state index is 15.1. The topological polar surface area (TPSA) is 386 Å². The highest BCUT2D eigenvalue weighted by atomic mass is 32.1. The first-order chi connectivity index (χ1) is 69.2. The SMILES string of the molecule is C=CC(=O)N1CCC(c2cc(-c3cc4c(F)c(OC)cc(OC)c4s3)c3c(N)ncnn23)C1.CC#CC(=O)N1CCC(c2c(COC)c(-c3cc4cc(C)cc(OC)c4s3)c3c(N)ncnn23)C1.COc1cc(C)cc2cc(-c3cc(C4CCN(C(=O)/C=C/CN5CCOCC5)C4)n4ncnc(N)c34)sc12.COc1cc(OC)c2sc(-c3cc(C4CCN(C(=O)/C=C/CN(C)C)C4)n4ncnc(N)c34)cc2c1F. The van der Waals surface area contributed by atoms with E-state index in [0.717, 1.165) is 182 Å². The second-order valence-corrected chi connectivity index (χ2v) is 39.9. The summed E-state index contributed by atoms with van der Waals surface area (Å²) in [6.45, 7) is 19.6. The molecule has 5 aliphatic heterocycles. The van der Waals surface area contributed by atoms with Crippen molar-refractivity contribution >= 4 is 155 Å². The van der Waals surface area contributed by atoms with Crippen molar-refractivity contribution < 1.29 is 65.9 Å². The Morgan fingerprint density at radius 1 is 0.476 bits per heavy atom. The normalized spacial score (nSPS) is 16.6. The van der Waals surface area contributed by atoms with Gasteiger partial charge < -0.3 is 85.3 Å². The van der Waals surface area contributed by atoms with Crippen molar-refractivity contribution in [2.24, 2.45) is 0 Å². The number of carbonyl (C=O) groups is 4. The molecular weight excluding hydrogens is 1900 g/mol. The summed E-state index contributed by atoms with van der Waals surface area (Å²) in [6.07, 6.45) is 17.6. The number of likely N-dealkylation sites (tertiary alicyclic amines) is 4. The van der Waals surface area contributed by atoms with Gasteiger partial charge in [0.2, 0.25) is 17.7 Å². The van der Waals surface area contributed by atoms with Crippen molar-refractivity contribution in [3.8, 4) is 88.1 Å². The van der Waals surface area contributed by atoms with Crippen molar-refractivity contribution in [3.05, 3.63) is 192 Å². The number of hydrogen-bond donors (Lipinski definition) is 4. The first-order valence-corrected chi connectivity index (χ1v) is 49.9. The largest absolute Gasteiger partial charge is 0.495 e. The van der Waals surface area contributed by atoms with Crippen molar-refractivity contribution in [2.45, 2.75) is 76.7 Å². The monoisotopic (exact) mass is 2010 g/mol. The lowest BCUT2D eigenvalue weighted by molar-refractivity contribution is -0.125. The zero-order chi connectivity index (χ0) is 100. The molecule has 143 heavy (non-hydrogen) atoms. The number of rotatable bonds is 23. The van der Waals surface area contributed by atoms with Gasteiger partial charge in [-0.2, -0.15) is 20.4 Å². The van der Waals surface area contributed by atoms with Gasteiger partial charge in [0.25, 0.3) is 5.91 Å². The molecule has 742 valence electrons. The zero-order valence-electron chi connectivity index (χ0n) is 81.3. The molecule has 4 aromatic carbocycles. The van der Waals surface area contributed by atoms with E-state index >= 15 is 8.78 Å². The lowest BCUT2D eigenvalue weighted by Crippen LogP contribution is -2.36. The minimum atomic E-state index is -0.446. The highest BCUT2D eigenvalue weighted by molar-refractivity contribution is 7.24. The molecule has 34 nitrogen and oxygen atoms in total. The third kappa shape index (κ3) is 19.4. The standard InChI is InChI=1S/C28H32N6O3S.C26H29FN6O3S.C26H27N5O3S.C23H22FN5O3S/c1-18-12-20-14-24(38-27(20)23(13-18)36-2)21-15-22(34-26(21)28(29)30-17-31-34)19-5-7-33(16-19)25(35)4-3-6-32-8-10-37-11-9-32;1-31(2)8-5-6-22(34)32-9-7-15(13-32)18-10-16(24-26(28)29-14-30-33(18)24)21-11-17-23(27)19(35-3)12-20(36-4)25(17)37-21;1-5-6-21(32)30-8-7-16(12-30)23-18(13-33-3)22(24-26(27)28-14-29-31(23)24)20-11-17-9-15(2)10-19(34-4)25(17)35-20;1-4-19(30)28-6-5-12(10-28)15-7-13(21-23(25)26-11-27-29(15)21)18-8-14-20(24)16(31-2)9-17(32-3)22(14)33-18/h3-4,12-15,17,19H,5-11,16H2,1-2H3,(H2,29,30,31);5-6,10-12,14-15H,7-9,13H2,1-4H3,(H2,28,29,30);9-11,14,16H,7-8,12-13H2,1-4H3,(H2,27,28,29);4,7-9,11-12H,1,5-6,10H2,2-3H3,(H2,25,26,27)/b4-3+;6-5+;;. The number of nitrogens with zero attached hydrogens (tertiary/aromatic N) is 18. The van der Waals surface area contributed by atoms with Gasteiger partial charge >= 0.3 is 0 Å². The van der Waals surface area contributed by atoms with Crippen LogP contribution in [-0.2, 0) is 35.3 Å². The van der Waals surface area contributed by atoms with Gasteiger partial charge in [-0.1, -0.05) is 36.8 Å². The lowest BCUT2D eigenvalue weighted by atomic mass is 9.98. The fourth-order valence-electron chi connectivity index (χ4n) is 19.8. The van der Waals surface area contributed by atoms with Gasteiger partial charge in [0.05, 0.1) is 87.0 Å². The van der Waals surface area contributed by atoms with Crippen LogP contribution < -0.4 is 51.4 Å². The first kappa shape index (κ1) is 98.7. The quantitative estimate of drug-likeness (QED) is 0.0341. The van der Waals surface area contributed by atoms with Crippen LogP contribution in [0.4, 0.5) is 32.1 Å². The van der Waals surface area contributed by atoms with E-state index in [-0.39, 0.29) is 58.8 Å². The summed E-state index contributed by atoms with van der Waals surface area (Å²) in [7, 11) is 14.9. The van der Waals surface area contributed by atoms with Gasteiger partial charge in [0, 0.05) is 209 Å². The highest BCUT2D eigenvalue weighted by Crippen LogP contribution is 2.52. The first-order valence-electron chi connectivity index (χ1n) is 46.6. The number of halogens is 2. The van der Waals surface area contributed by atoms with E-state index in [2.05, 4.69) is 114 Å². The number of benzene rings is 4. The molecule has 17 heterocycles. The Morgan fingerprint density at radius 3 is 1.31 bits per heavy atom. The van der Waals surface area contributed by atoms with E-state index in [1.54, 1.807) is 120 Å². The zero-order valence-corrected chi connectivity index (χ0v) is 84.6. The molecule has 4 unspecified atom stereocenters. The Labute approximate surface area is 838 Å². The molecule has 5 fully saturated rings. The predicted molar refractivity (Wildman–Crippen MR) is 556 cm³/mol. The van der Waals surface area contributed by atoms with E-state index < -0.39 is 11.6 Å². The number of aromatic nitrogens is 12. The van der Waals surface area contributed by atoms with E-state index in [9.17, 15) is 19.2 Å². The molecule has 0 spiro atoms. The summed E-state index contributed by atoms with van der Waals surface area (Å²) >= 11 is 6.14. The maximum atomic E-state index is 15.1. The summed E-state index contributed by atoms with van der Waals surface area (Å²) < 4.78 is 84.9. The Kier molecular flexibility index (Phi) is 29.3. The average molecular weight is 2010 g/mol. The number of amides is 4. The molecule has 0 bridgehead atoms. The molecule has 8 N–H and O–H groups in total. The fourth-order valence-corrected chi connectivity index (χ4v) is 24.5. The Hall–Kier alpha value is -14.4. The van der Waals surface area contributed by atoms with Crippen LogP contribution in [-0.4, -0.2) is 267 Å². The number of carbonyl (C=O) groups excluding carboxylic acids is 4. The van der Waals surface area contributed by atoms with Crippen LogP contribution in [0.5, 0.6) is 34.5 Å². The lowest BCUT2D eigenvalue weighted by Gasteiger charge is -2.25. The minimum Gasteiger partial charge on any atom is -0.495 e. The van der Waals surface area contributed by atoms with E-state index in [1.165, 1.54) is 68.3 Å². The van der Waals surface area contributed by atoms with Crippen LogP contribution in [0.25, 0.3) is 104 Å². The molecule has 21 rings (SSSR count). The molecule has 40 heteroatoms. The van der Waals surface area contributed by atoms with Gasteiger partial charge in [-0.25, -0.2) is 46.8 Å². The average Bonchev–Trinajstić information content (AvgIpc) is 1.58. The van der Waals surface area contributed by atoms with Crippen LogP contribution in [0.15, 0.2) is 141 Å². The summed E-state index contributed by atoms with van der Waals surface area (Å²) in [5.74, 6) is 9.20. The second kappa shape index (κ2) is 42.4. The number of anilines is 4. The fraction of sp³-hybridized carbons (Fsp3) is 0.340. The van der Waals surface area contributed by atoms with Crippen molar-refractivity contribution in [2.75, 3.05) is 179 Å². The third-order valence-corrected chi connectivity index (χ3v) is 31.4. The van der Waals surface area contributed by atoms with Crippen molar-refractivity contribution in [1.29, 1.82) is 0 Å². The molecule has 16 aromatic rings. The highest BCUT2D eigenvalue weighted by Gasteiger charge is 2.39. The molecule has 4 atom stereocenters. The van der Waals surface area contributed by atoms with Crippen LogP contribution in [0.1, 0.15) is 95.7 Å². The summed E-state index contributed by atoms with van der Waals surface area (Å²) in [5, 5.41) is 21.2. The van der Waals surface area contributed by atoms with E-state index in [1.807, 2.05) is 68.2 Å². The van der Waals surface area contributed by atoms with Crippen molar-refractivity contribution in [3.63, 3.8) is 0 Å². The third-order valence-electron chi connectivity index (χ3n) is 26.7. The van der Waals surface area contributed by atoms with Crippen LogP contribution in [0.2, 0.25) is 0 Å². The summed E-state index contributed by atoms with van der Waals surface area (Å²) in [6, 6.07) is 25.7. The summed E-state index contributed by atoms with van der Waals surface area (Å²) in [4.78, 5) is 82.5. The summed E-state index contributed by atoms with van der Waals surface area (Å²) in [5.41, 5.74) is 39.1. The minimum absolute atomic E-state index is 0.000554. The van der Waals surface area contributed by atoms with Crippen LogP contribution >= 0.6 is 45.3 Å². The smallest absolute Gasteiger partial charge is 0.298 e. The van der Waals surface area contributed by atoms with Crippen LogP contribution in [0, 0.1) is 37.3 Å². The van der Waals surface area contributed by atoms with Crippen molar-refractivity contribution in [1.82, 2.24) is 87.8 Å². The molecule has 0 aliphatic carbocycles. The Balaban J connectivity index is 0.000000126.